The largest absolute Gasteiger partial charge is 1.00 e. The molecule has 0 aromatic carbocycles. The van der Waals surface area contributed by atoms with Gasteiger partial charge in [0.1, 0.15) is 19.8 Å². The number of quaternary nitrogens is 1. The van der Waals surface area contributed by atoms with E-state index < -0.39 is 80.5 Å². The Morgan fingerprint density at radius 3 is 1.21 bits per heavy atom. The van der Waals surface area contributed by atoms with E-state index in [1.807, 2.05) is 0 Å². The molecule has 0 amide bonds. The molecule has 0 radical (unpaired) electrons. The zero-order chi connectivity index (χ0) is 53.0. The summed E-state index contributed by atoms with van der Waals surface area (Å²) in [5.74, 6) is -1.00. The minimum absolute atomic E-state index is 0. The van der Waals surface area contributed by atoms with E-state index in [0.29, 0.717) is 29.6 Å². The summed E-state index contributed by atoms with van der Waals surface area (Å²) in [7, 11) is -12.2. The van der Waals surface area contributed by atoms with E-state index in [9.17, 15) is 62.7 Å². The van der Waals surface area contributed by atoms with Crippen molar-refractivity contribution in [3.63, 3.8) is 0 Å². The molecule has 70 heavy (non-hydrogen) atoms. The van der Waals surface area contributed by atoms with Crippen LogP contribution in [-0.2, 0) is 53.6 Å². The molecule has 0 saturated heterocycles. The number of nitrogens with one attached hydrogen (secondary N) is 1. The number of aliphatic hydroxyl groups excluding tert-OH is 1. The van der Waals surface area contributed by atoms with Crippen LogP contribution in [0.1, 0.15) is 132 Å². The summed E-state index contributed by atoms with van der Waals surface area (Å²) < 4.78 is 123. The predicted octanol–water partition coefficient (Wildman–Crippen LogP) is 2.26. The van der Waals surface area contributed by atoms with Crippen LogP contribution >= 0.6 is 11.6 Å². The maximum Gasteiger partial charge on any atom is 1.00 e. The second-order valence-corrected chi connectivity index (χ2v) is 22.1. The fraction of sp³-hybridized carbons (Fsp3) is 0.889. The zero-order valence-electron chi connectivity index (χ0n) is 42.1. The second-order valence-electron chi connectivity index (χ2n) is 18.9. The van der Waals surface area contributed by atoms with Gasteiger partial charge in [0.05, 0.1) is 37.7 Å². The Labute approximate surface area is 439 Å². The molecule has 8 rings (SSSR count). The number of nitrogens with zero attached hydrogens (tertiary/aromatic N) is 2. The molecule has 0 unspecified atom stereocenters. The maximum absolute atomic E-state index is 12.9. The molecule has 0 aromatic heterocycles. The molecule has 0 aliphatic heterocycles. The number of halogens is 5. The summed E-state index contributed by atoms with van der Waals surface area (Å²) in [6, 6.07) is 1.75. The summed E-state index contributed by atoms with van der Waals surface area (Å²) in [5.41, 5.74) is -0.186. The average Bonchev–Trinajstić information content (AvgIpc) is 3.24. The molecule has 8 fully saturated rings. The van der Waals surface area contributed by atoms with Crippen LogP contribution in [0.4, 0.5) is 17.6 Å². The van der Waals surface area contributed by atoms with Crippen LogP contribution < -0.4 is 34.5 Å². The van der Waals surface area contributed by atoms with Crippen LogP contribution in [0.15, 0.2) is 0 Å². The molecule has 8 saturated carbocycles. The predicted molar refractivity (Wildman–Crippen MR) is 243 cm³/mol. The average molecular weight is 1080 g/mol. The normalized spacial score (nSPS) is 26.6. The van der Waals surface area contributed by atoms with Crippen molar-refractivity contribution in [2.45, 2.75) is 142 Å². The number of nitriles is 1. The van der Waals surface area contributed by atoms with Gasteiger partial charge in [0.25, 0.3) is 0 Å². The Morgan fingerprint density at radius 2 is 0.971 bits per heavy atom. The van der Waals surface area contributed by atoms with Crippen molar-refractivity contribution < 1.29 is 116 Å². The van der Waals surface area contributed by atoms with Crippen molar-refractivity contribution in [3.8, 4) is 6.07 Å². The van der Waals surface area contributed by atoms with Gasteiger partial charge in [-0.25, -0.2) is 26.4 Å². The number of alkyl halides is 4. The number of carbonyl (C=O) groups excluding carboxylic acids is 4. The Kier molecular flexibility index (Phi) is 30.5. The molecule has 8 aliphatic rings. The SMILES string of the molecule is CC#N.CCN(CC)CC.CC[NH+](CC)CC.O=C(Cl)CC12CC3CC(CC(C3)C1)C2.O=C(OCCO)C(F)(F)S(=O)(=O)[O-].O=C(OCCOC(=O)C(F)(F)S(=O)(=O)[O-])C12CC3CC(CC(C3)C1)C2.[Na+]. The molecule has 8 bridgehead atoms. The van der Waals surface area contributed by atoms with Crippen LogP contribution in [0, 0.1) is 57.7 Å². The topological polar surface area (TPSA) is 262 Å². The van der Waals surface area contributed by atoms with Crippen molar-refractivity contribution in [3.05, 3.63) is 0 Å². The Morgan fingerprint density at radius 1 is 0.671 bits per heavy atom. The molecule has 8 aliphatic carbocycles. The monoisotopic (exact) mass is 1080 g/mol. The fourth-order valence-corrected chi connectivity index (χ4v) is 12.3. The molecular weight excluding hydrogens is 1010 g/mol. The molecule has 0 atom stereocenters. The second kappa shape index (κ2) is 31.2. The molecule has 0 aromatic rings. The Bertz CT molecular complexity index is 1810. The number of carbonyl (C=O) groups is 4. The molecular formula is C45H75ClF4N3NaO14S2. The maximum atomic E-state index is 12.9. The quantitative estimate of drug-likeness (QED) is 0.0379. The van der Waals surface area contributed by atoms with E-state index in [0.717, 1.165) is 56.3 Å². The summed E-state index contributed by atoms with van der Waals surface area (Å²) in [4.78, 5) is 48.8. The summed E-state index contributed by atoms with van der Waals surface area (Å²) >= 11 is 5.57. The van der Waals surface area contributed by atoms with Gasteiger partial charge < -0.3 is 38.2 Å². The van der Waals surface area contributed by atoms with Gasteiger partial charge in [0.15, 0.2) is 20.2 Å². The first-order valence-corrected chi connectivity index (χ1v) is 27.1. The standard InChI is InChI=1S/C15H20F2O7S.C12H17ClO.2C6H15N.C4H6F2O6S.C2H3N.Na/c16-15(17,25(20,21)22)13(19)24-2-1-23-12(18)14-6-9-3-10(7-14)5-11(4-9)8-14;13-11(14)7-12-4-8-1-9(5-12)3-10(2-8)6-12;2*1-4-7(5-2)6-3;5-4(6,13(9,10)11)3(8)12-2-1-7;1-2-3;/h9-11H,1-8H2,(H,20,21,22);8-10H,1-7H2;2*4-6H2,1-3H3;7H,1-2H2,(H,9,10,11);1H3;/q;;;;;;+1/p-1. The van der Waals surface area contributed by atoms with E-state index in [-0.39, 0.29) is 34.8 Å². The van der Waals surface area contributed by atoms with Gasteiger partial charge in [-0.1, -0.05) is 20.8 Å². The first kappa shape index (κ1) is 68.3. The van der Waals surface area contributed by atoms with Crippen molar-refractivity contribution in [2.75, 3.05) is 65.7 Å². The third-order valence-electron chi connectivity index (χ3n) is 14.0. The summed E-state index contributed by atoms with van der Waals surface area (Å²) in [5, 5.41) is 4.98. The van der Waals surface area contributed by atoms with Gasteiger partial charge in [-0.05, 0) is 170 Å². The van der Waals surface area contributed by atoms with E-state index >= 15 is 0 Å². The van der Waals surface area contributed by atoms with Gasteiger partial charge in [0.2, 0.25) is 5.24 Å². The summed E-state index contributed by atoms with van der Waals surface area (Å²) in [6.45, 7) is 19.3. The molecule has 0 spiro atoms. The number of ether oxygens (including phenoxy) is 3. The molecule has 0 heterocycles. The number of hydrogen-bond acceptors (Lipinski definition) is 16. The fourth-order valence-electron chi connectivity index (χ4n) is 11.5. The number of esters is 3. The van der Waals surface area contributed by atoms with Gasteiger partial charge >= 0.3 is 58.0 Å². The van der Waals surface area contributed by atoms with Crippen molar-refractivity contribution in [1.82, 2.24) is 4.90 Å². The number of aliphatic hydroxyl groups is 1. The third kappa shape index (κ3) is 20.9. The van der Waals surface area contributed by atoms with E-state index in [2.05, 4.69) is 55.9 Å². The first-order chi connectivity index (χ1) is 32.0. The van der Waals surface area contributed by atoms with E-state index in [4.69, 9.17) is 26.7 Å². The smallest absolute Gasteiger partial charge is 0.743 e. The number of hydrogen-bond donors (Lipinski definition) is 2. The van der Waals surface area contributed by atoms with Crippen LogP contribution in [0.3, 0.4) is 0 Å². The van der Waals surface area contributed by atoms with E-state index in [1.165, 1.54) is 84.7 Å². The van der Waals surface area contributed by atoms with Gasteiger partial charge in [0, 0.05) is 13.3 Å². The zero-order valence-corrected chi connectivity index (χ0v) is 46.5. The van der Waals surface area contributed by atoms with Crippen LogP contribution in [0.5, 0.6) is 0 Å². The molecule has 402 valence electrons. The van der Waals surface area contributed by atoms with Crippen molar-refractivity contribution in [1.29, 1.82) is 5.26 Å². The van der Waals surface area contributed by atoms with Gasteiger partial charge in [-0.2, -0.15) is 22.8 Å². The van der Waals surface area contributed by atoms with Crippen molar-refractivity contribution in [2.24, 2.45) is 46.3 Å². The molecule has 25 heteroatoms. The Balaban J connectivity index is 0.000000908. The van der Waals surface area contributed by atoms with Crippen LogP contribution in [0.25, 0.3) is 0 Å². The summed E-state index contributed by atoms with van der Waals surface area (Å²) in [6.07, 6.45) is 14.6. The molecule has 17 nitrogen and oxygen atoms in total. The number of rotatable bonds is 18. The Hall–Kier alpha value is -1.72. The van der Waals surface area contributed by atoms with Gasteiger partial charge in [-0.3, -0.25) is 9.59 Å². The minimum atomic E-state index is -6.15. The van der Waals surface area contributed by atoms with E-state index in [1.54, 1.807) is 11.0 Å². The van der Waals surface area contributed by atoms with Crippen LogP contribution in [-0.4, -0.2) is 135 Å². The molecule has 2 N–H and O–H groups in total. The first-order valence-electron chi connectivity index (χ1n) is 23.9. The van der Waals surface area contributed by atoms with Crippen LogP contribution in [0.2, 0.25) is 0 Å². The minimum Gasteiger partial charge on any atom is -0.743 e. The third-order valence-corrected chi connectivity index (χ3v) is 15.7. The van der Waals surface area contributed by atoms with Gasteiger partial charge in [-0.15, -0.1) is 0 Å². The van der Waals surface area contributed by atoms with Crippen molar-refractivity contribution >= 4 is 55.0 Å².